The first-order valence-corrected chi connectivity index (χ1v) is 18.1. The number of furan rings is 1. The molecule has 4 rings (SSSR count). The van der Waals surface area contributed by atoms with Crippen LogP contribution in [0.5, 0.6) is 0 Å². The lowest BCUT2D eigenvalue weighted by molar-refractivity contribution is 0.0374. The van der Waals surface area contributed by atoms with Crippen LogP contribution in [0.15, 0.2) is 52.6 Å². The number of amides is 1. The van der Waals surface area contributed by atoms with E-state index in [1.807, 2.05) is 0 Å². The summed E-state index contributed by atoms with van der Waals surface area (Å²) in [5, 5.41) is 9.81. The fourth-order valence-corrected chi connectivity index (χ4v) is 6.55. The second kappa shape index (κ2) is 18.9. The van der Waals surface area contributed by atoms with Crippen molar-refractivity contribution < 1.29 is 23.4 Å². The molecule has 0 spiro atoms. The zero-order valence-corrected chi connectivity index (χ0v) is 32.2. The molecule has 2 heterocycles. The maximum absolute atomic E-state index is 12.9. The number of hydrogen-bond donors (Lipinski definition) is 3. The third-order valence-electron chi connectivity index (χ3n) is 9.80. The van der Waals surface area contributed by atoms with Crippen LogP contribution in [0.25, 0.3) is 0 Å². The highest BCUT2D eigenvalue weighted by Gasteiger charge is 2.39. The number of carbonyl (C=O) groups excluding carboxylic acids is 1. The van der Waals surface area contributed by atoms with Crippen molar-refractivity contribution in [1.82, 2.24) is 20.9 Å². The molecule has 1 aliphatic carbocycles. The molecule has 2 aromatic rings. The van der Waals surface area contributed by atoms with Crippen LogP contribution < -0.4 is 16.0 Å². The Balaban J connectivity index is 0.000000388. The van der Waals surface area contributed by atoms with Crippen molar-refractivity contribution in [2.24, 2.45) is 5.92 Å². The smallest absolute Gasteiger partial charge is 0.291 e. The molecule has 1 fully saturated rings. The minimum absolute atomic E-state index is 0.0798. The Bertz CT molecular complexity index is 1410. The number of halogens is 1. The first-order valence-electron chi connectivity index (χ1n) is 17.7. The summed E-state index contributed by atoms with van der Waals surface area (Å²) in [7, 11) is 4.62. The van der Waals surface area contributed by atoms with E-state index < -0.39 is 5.91 Å². The normalized spacial score (nSPS) is 19.2. The van der Waals surface area contributed by atoms with E-state index in [1.165, 1.54) is 38.3 Å². The molecule has 1 aromatic carbocycles. The summed E-state index contributed by atoms with van der Waals surface area (Å²) in [6, 6.07) is 7.82. The summed E-state index contributed by atoms with van der Waals surface area (Å²) in [5.74, 6) is 1.71. The predicted molar refractivity (Wildman–Crippen MR) is 199 cm³/mol. The van der Waals surface area contributed by atoms with Crippen molar-refractivity contribution in [3.8, 4) is 0 Å². The van der Waals surface area contributed by atoms with Crippen LogP contribution in [0.3, 0.4) is 0 Å². The molecule has 1 amide bonds. The molecule has 9 nitrogen and oxygen atoms in total. The third-order valence-corrected chi connectivity index (χ3v) is 10.2. The first kappa shape index (κ1) is 40.4. The number of fused-ring (bicyclic) bond motifs is 1. The van der Waals surface area contributed by atoms with Crippen LogP contribution in [-0.4, -0.2) is 78.0 Å². The molecule has 2 aliphatic rings. The van der Waals surface area contributed by atoms with Gasteiger partial charge in [0.25, 0.3) is 5.91 Å². The number of benzene rings is 1. The molecular formula is C39H61ClN4O5. The standard InChI is InChI=1S/C28H37ClN2O4.C11H24N2O/c1-9-28(5)13-12-27(3,4)20-15-18(22(29)16-21(20)28)14-19-10-11-23(35-19)25(32)31-24(17(2)33-7)26(30-6)34-8;1-11(2)10-12-4-3-5-13-6-8-14-9-7-13/h10-11,15-16,30H,2,9,12-14H2,1,3-8H3,(H,31,32);11-12H,3-10H2,1-2H3/b26-24-;. The van der Waals surface area contributed by atoms with E-state index >= 15 is 0 Å². The maximum Gasteiger partial charge on any atom is 0.291 e. The number of rotatable bonds is 15. The number of nitrogens with one attached hydrogen (secondary N) is 3. The van der Waals surface area contributed by atoms with Gasteiger partial charge in [0.05, 0.1) is 27.4 Å². The van der Waals surface area contributed by atoms with Gasteiger partial charge in [0.2, 0.25) is 5.88 Å². The molecule has 274 valence electrons. The van der Waals surface area contributed by atoms with Gasteiger partial charge in [-0.2, -0.15) is 0 Å². The predicted octanol–water partition coefficient (Wildman–Crippen LogP) is 7.14. The number of methoxy groups -OCH3 is 2. The topological polar surface area (TPSA) is 97.2 Å². The highest BCUT2D eigenvalue weighted by molar-refractivity contribution is 6.31. The summed E-state index contributed by atoms with van der Waals surface area (Å²) in [6.07, 6.45) is 5.11. The monoisotopic (exact) mass is 700 g/mol. The minimum Gasteiger partial charge on any atom is -0.495 e. The molecule has 3 N–H and O–H groups in total. The van der Waals surface area contributed by atoms with Gasteiger partial charge in [-0.1, -0.05) is 65.8 Å². The highest BCUT2D eigenvalue weighted by Crippen LogP contribution is 2.49. The van der Waals surface area contributed by atoms with E-state index in [2.05, 4.69) is 81.1 Å². The van der Waals surface area contributed by atoms with Crippen molar-refractivity contribution in [2.75, 3.05) is 67.2 Å². The quantitative estimate of drug-likeness (QED) is 0.103. The Morgan fingerprint density at radius 2 is 1.80 bits per heavy atom. The number of carbonyl (C=O) groups is 1. The Morgan fingerprint density at radius 3 is 2.41 bits per heavy atom. The Hall–Kier alpha value is -2.98. The fraction of sp³-hybridized carbons (Fsp3) is 0.615. The van der Waals surface area contributed by atoms with Crippen molar-refractivity contribution in [1.29, 1.82) is 0 Å². The average Bonchev–Trinajstić information content (AvgIpc) is 3.56. The third kappa shape index (κ3) is 11.3. The molecule has 1 atom stereocenters. The van der Waals surface area contributed by atoms with Crippen LogP contribution in [0.4, 0.5) is 0 Å². The minimum atomic E-state index is -0.439. The Kier molecular flexibility index (Phi) is 15.6. The van der Waals surface area contributed by atoms with Gasteiger partial charge >= 0.3 is 0 Å². The van der Waals surface area contributed by atoms with Crippen LogP contribution in [0.2, 0.25) is 5.02 Å². The SMILES string of the molecule is C=C(OC)/C(NC(=O)c1ccc(Cc2cc3c(cc2Cl)C(C)(CC)CCC3(C)C)o1)=C(\NC)OC.CC(C)CNCCCN1CCOCC1. The number of nitrogens with zero attached hydrogens (tertiary/aromatic N) is 1. The molecular weight excluding hydrogens is 640 g/mol. The van der Waals surface area contributed by atoms with Crippen molar-refractivity contribution in [3.05, 3.63) is 81.4 Å². The lowest BCUT2D eigenvalue weighted by Crippen LogP contribution is -2.37. The summed E-state index contributed by atoms with van der Waals surface area (Å²) < 4.78 is 21.7. The van der Waals surface area contributed by atoms with Gasteiger partial charge in [-0.25, -0.2) is 0 Å². The van der Waals surface area contributed by atoms with Gasteiger partial charge in [-0.15, -0.1) is 0 Å². The van der Waals surface area contributed by atoms with E-state index in [0.717, 1.165) is 75.2 Å². The van der Waals surface area contributed by atoms with Crippen molar-refractivity contribution in [3.63, 3.8) is 0 Å². The van der Waals surface area contributed by atoms with Crippen LogP contribution in [-0.2, 0) is 31.5 Å². The van der Waals surface area contributed by atoms with Crippen LogP contribution in [0.1, 0.15) is 100 Å². The molecule has 0 saturated carbocycles. The zero-order valence-electron chi connectivity index (χ0n) is 31.4. The van der Waals surface area contributed by atoms with E-state index in [9.17, 15) is 4.79 Å². The number of morpholine rings is 1. The lowest BCUT2D eigenvalue weighted by atomic mass is 9.61. The summed E-state index contributed by atoms with van der Waals surface area (Å²) in [6.45, 7) is 25.0. The number of hydrogen-bond acceptors (Lipinski definition) is 8. The maximum atomic E-state index is 12.9. The van der Waals surface area contributed by atoms with Gasteiger partial charge in [0.1, 0.15) is 17.2 Å². The largest absolute Gasteiger partial charge is 0.495 e. The zero-order chi connectivity index (χ0) is 36.2. The molecule has 1 unspecified atom stereocenters. The van der Waals surface area contributed by atoms with Crippen LogP contribution >= 0.6 is 11.6 Å². The van der Waals surface area contributed by atoms with Gasteiger partial charge in [0.15, 0.2) is 5.76 Å². The van der Waals surface area contributed by atoms with E-state index in [-0.39, 0.29) is 22.3 Å². The van der Waals surface area contributed by atoms with Gasteiger partial charge < -0.3 is 34.6 Å². The first-order chi connectivity index (χ1) is 23.3. The van der Waals surface area contributed by atoms with Gasteiger partial charge in [-0.3, -0.25) is 9.69 Å². The summed E-state index contributed by atoms with van der Waals surface area (Å²) >= 11 is 6.77. The number of ether oxygens (including phenoxy) is 3. The van der Waals surface area contributed by atoms with E-state index in [4.69, 9.17) is 30.2 Å². The lowest BCUT2D eigenvalue weighted by Gasteiger charge is -2.43. The molecule has 1 aromatic heterocycles. The molecule has 49 heavy (non-hydrogen) atoms. The molecule has 0 bridgehead atoms. The van der Waals surface area contributed by atoms with Crippen molar-refractivity contribution >= 4 is 17.5 Å². The second-order valence-corrected chi connectivity index (χ2v) is 14.8. The summed E-state index contributed by atoms with van der Waals surface area (Å²) in [5.41, 5.74) is 4.19. The van der Waals surface area contributed by atoms with E-state index in [1.54, 1.807) is 19.2 Å². The van der Waals surface area contributed by atoms with Crippen LogP contribution in [0, 0.1) is 5.92 Å². The molecule has 10 heteroatoms. The Morgan fingerprint density at radius 1 is 1.08 bits per heavy atom. The highest BCUT2D eigenvalue weighted by atomic mass is 35.5. The Labute approximate surface area is 300 Å². The van der Waals surface area contributed by atoms with Crippen molar-refractivity contribution in [2.45, 2.75) is 84.5 Å². The molecule has 0 radical (unpaired) electrons. The summed E-state index contributed by atoms with van der Waals surface area (Å²) in [4.78, 5) is 15.4. The molecule has 1 saturated heterocycles. The fourth-order valence-electron chi connectivity index (χ4n) is 6.32. The average molecular weight is 701 g/mol. The molecule has 1 aliphatic heterocycles. The van der Waals surface area contributed by atoms with Gasteiger partial charge in [-0.05, 0) is 97.0 Å². The second-order valence-electron chi connectivity index (χ2n) is 14.4. The van der Waals surface area contributed by atoms with Gasteiger partial charge in [0, 0.05) is 31.6 Å². The van der Waals surface area contributed by atoms with E-state index in [0.29, 0.717) is 23.8 Å².